The summed E-state index contributed by atoms with van der Waals surface area (Å²) in [5, 5.41) is 0. The molecule has 2 unspecified atom stereocenters. The summed E-state index contributed by atoms with van der Waals surface area (Å²) >= 11 is 7.95. The molecule has 0 saturated carbocycles. The van der Waals surface area contributed by atoms with Crippen LogP contribution in [-0.2, 0) is 0 Å². The van der Waals surface area contributed by atoms with Crippen LogP contribution in [0.1, 0.15) is 84.3 Å². The van der Waals surface area contributed by atoms with Crippen LogP contribution in [0.15, 0.2) is 36.4 Å². The zero-order valence-electron chi connectivity index (χ0n) is 17.2. The third kappa shape index (κ3) is 4.94. The average molecular weight is 510 g/mol. The number of alkyl halides is 2. The molecule has 0 saturated heterocycles. The van der Waals surface area contributed by atoms with Gasteiger partial charge in [0.25, 0.3) is 0 Å². The van der Waals surface area contributed by atoms with Gasteiger partial charge >= 0.3 is 0 Å². The Kier molecular flexibility index (Phi) is 7.49. The predicted octanol–water partition coefficient (Wildman–Crippen LogP) is 8.06. The number of benzene rings is 2. The Balaban J connectivity index is 2.08. The van der Waals surface area contributed by atoms with Gasteiger partial charge in [-0.25, -0.2) is 0 Å². The largest absolute Gasteiger partial charge is 0.493 e. The molecule has 2 nitrogen and oxygen atoms in total. The van der Waals surface area contributed by atoms with Crippen molar-refractivity contribution >= 4 is 31.9 Å². The molecule has 2 aromatic carbocycles. The van der Waals surface area contributed by atoms with E-state index in [-0.39, 0.29) is 9.65 Å². The molecule has 0 aromatic heterocycles. The Morgan fingerprint density at radius 1 is 0.714 bits per heavy atom. The fourth-order valence-corrected chi connectivity index (χ4v) is 4.71. The van der Waals surface area contributed by atoms with E-state index in [0.29, 0.717) is 25.0 Å². The molecule has 0 aliphatic carbocycles. The molecule has 0 spiro atoms. The first-order valence-electron chi connectivity index (χ1n) is 10.2. The highest BCUT2D eigenvalue weighted by Crippen LogP contribution is 2.49. The summed E-state index contributed by atoms with van der Waals surface area (Å²) < 4.78 is 12.3. The van der Waals surface area contributed by atoms with E-state index >= 15 is 0 Å². The van der Waals surface area contributed by atoms with E-state index in [1.165, 1.54) is 22.3 Å². The van der Waals surface area contributed by atoms with Crippen molar-refractivity contribution in [3.05, 3.63) is 58.7 Å². The van der Waals surface area contributed by atoms with Gasteiger partial charge < -0.3 is 9.47 Å². The van der Waals surface area contributed by atoms with E-state index in [1.807, 2.05) is 0 Å². The minimum atomic E-state index is 0.0744. The second kappa shape index (κ2) is 9.67. The molecule has 1 heterocycles. The SMILES string of the molecule is CC(C)c1ccc2c(c1)C(Br)C(Br)c1cc(C(C)C)ccc1OCCCCO2. The first kappa shape index (κ1) is 21.7. The molecule has 0 fully saturated rings. The highest BCUT2D eigenvalue weighted by Gasteiger charge is 2.27. The summed E-state index contributed by atoms with van der Waals surface area (Å²) in [7, 11) is 0. The summed E-state index contributed by atoms with van der Waals surface area (Å²) in [6.07, 6.45) is 1.96. The number of fused-ring (bicyclic) bond motifs is 2. The first-order chi connectivity index (χ1) is 13.4. The molecular weight excluding hydrogens is 480 g/mol. The topological polar surface area (TPSA) is 18.5 Å². The van der Waals surface area contributed by atoms with Gasteiger partial charge in [0.05, 0.1) is 22.9 Å². The van der Waals surface area contributed by atoms with E-state index in [4.69, 9.17) is 9.47 Å². The number of ether oxygens (including phenoxy) is 2. The smallest absolute Gasteiger partial charge is 0.123 e. The summed E-state index contributed by atoms with van der Waals surface area (Å²) in [6.45, 7) is 10.3. The van der Waals surface area contributed by atoms with Crippen molar-refractivity contribution in [2.45, 2.75) is 62.0 Å². The van der Waals surface area contributed by atoms with E-state index in [2.05, 4.69) is 96.0 Å². The molecule has 2 aromatic rings. The maximum absolute atomic E-state index is 6.16. The standard InChI is InChI=1S/C24H30Br2O2/c1-15(2)17-7-9-21-19(13-17)23(25)24(26)20-14-18(16(3)4)8-10-22(20)28-12-6-5-11-27-21/h7-10,13-16,23-24H,5-6,11-12H2,1-4H3. The molecule has 0 bridgehead atoms. The van der Waals surface area contributed by atoms with Crippen LogP contribution < -0.4 is 9.47 Å². The van der Waals surface area contributed by atoms with Crippen LogP contribution in [0.3, 0.4) is 0 Å². The third-order valence-electron chi connectivity index (χ3n) is 5.31. The van der Waals surface area contributed by atoms with Gasteiger partial charge in [0.15, 0.2) is 0 Å². The molecule has 1 aliphatic rings. The lowest BCUT2D eigenvalue weighted by Gasteiger charge is -2.25. The fourth-order valence-electron chi connectivity index (χ4n) is 3.43. The minimum Gasteiger partial charge on any atom is -0.493 e. The highest BCUT2D eigenvalue weighted by atomic mass is 79.9. The van der Waals surface area contributed by atoms with Crippen LogP contribution in [-0.4, -0.2) is 13.2 Å². The molecule has 0 N–H and O–H groups in total. The summed E-state index contributed by atoms with van der Waals surface area (Å²) in [4.78, 5) is 0.149. The van der Waals surface area contributed by atoms with Crippen molar-refractivity contribution in [3.8, 4) is 11.5 Å². The number of halogens is 2. The van der Waals surface area contributed by atoms with Crippen LogP contribution in [0.2, 0.25) is 0 Å². The molecule has 3 rings (SSSR count). The lowest BCUT2D eigenvalue weighted by atomic mass is 9.94. The van der Waals surface area contributed by atoms with Gasteiger partial charge in [0.2, 0.25) is 0 Å². The number of hydrogen-bond donors (Lipinski definition) is 0. The summed E-state index contributed by atoms with van der Waals surface area (Å²) in [5.74, 6) is 2.89. The number of hydrogen-bond acceptors (Lipinski definition) is 2. The van der Waals surface area contributed by atoms with E-state index < -0.39 is 0 Å². The van der Waals surface area contributed by atoms with Gasteiger partial charge in [0.1, 0.15) is 11.5 Å². The van der Waals surface area contributed by atoms with E-state index in [9.17, 15) is 0 Å². The molecule has 1 aliphatic heterocycles. The summed E-state index contributed by atoms with van der Waals surface area (Å²) in [5.41, 5.74) is 5.03. The van der Waals surface area contributed by atoms with Crippen LogP contribution in [0.25, 0.3) is 0 Å². The maximum atomic E-state index is 6.16. The van der Waals surface area contributed by atoms with Gasteiger partial charge in [-0.05, 0) is 47.9 Å². The lowest BCUT2D eigenvalue weighted by molar-refractivity contribution is 0.262. The van der Waals surface area contributed by atoms with Crippen LogP contribution in [0.4, 0.5) is 0 Å². The molecular formula is C24H30Br2O2. The average Bonchev–Trinajstić information content (AvgIpc) is 2.68. The number of rotatable bonds is 2. The predicted molar refractivity (Wildman–Crippen MR) is 125 cm³/mol. The molecule has 152 valence electrons. The highest BCUT2D eigenvalue weighted by molar-refractivity contribution is 9.12. The van der Waals surface area contributed by atoms with E-state index in [1.54, 1.807) is 0 Å². The van der Waals surface area contributed by atoms with Crippen LogP contribution >= 0.6 is 31.9 Å². The maximum Gasteiger partial charge on any atom is 0.123 e. The van der Waals surface area contributed by atoms with E-state index in [0.717, 1.165) is 24.3 Å². The van der Waals surface area contributed by atoms with Crippen molar-refractivity contribution in [1.29, 1.82) is 0 Å². The fraction of sp³-hybridized carbons (Fsp3) is 0.500. The Labute approximate surface area is 186 Å². The van der Waals surface area contributed by atoms with Crippen LogP contribution in [0, 0.1) is 0 Å². The Morgan fingerprint density at radius 3 is 1.46 bits per heavy atom. The third-order valence-corrected chi connectivity index (χ3v) is 8.06. The van der Waals surface area contributed by atoms with Crippen molar-refractivity contribution in [2.75, 3.05) is 13.2 Å². The van der Waals surface area contributed by atoms with Crippen molar-refractivity contribution in [1.82, 2.24) is 0 Å². The zero-order valence-corrected chi connectivity index (χ0v) is 20.3. The van der Waals surface area contributed by atoms with Gasteiger partial charge in [-0.15, -0.1) is 0 Å². The normalized spacial score (nSPS) is 20.4. The molecule has 0 radical (unpaired) electrons. The second-order valence-corrected chi connectivity index (χ2v) is 10.1. The van der Waals surface area contributed by atoms with Gasteiger partial charge in [-0.3, -0.25) is 0 Å². The van der Waals surface area contributed by atoms with Gasteiger partial charge in [-0.2, -0.15) is 0 Å². The Hall–Kier alpha value is -1.00. The van der Waals surface area contributed by atoms with Crippen molar-refractivity contribution < 1.29 is 9.47 Å². The van der Waals surface area contributed by atoms with Gasteiger partial charge in [-0.1, -0.05) is 83.8 Å². The minimum absolute atomic E-state index is 0.0744. The van der Waals surface area contributed by atoms with Crippen LogP contribution in [0.5, 0.6) is 11.5 Å². The summed E-state index contributed by atoms with van der Waals surface area (Å²) in [6, 6.07) is 13.2. The monoisotopic (exact) mass is 508 g/mol. The Bertz CT molecular complexity index is 734. The second-order valence-electron chi connectivity index (χ2n) is 8.11. The zero-order chi connectivity index (χ0) is 20.3. The first-order valence-corrected chi connectivity index (χ1v) is 12.0. The van der Waals surface area contributed by atoms with Crippen molar-refractivity contribution in [2.24, 2.45) is 0 Å². The van der Waals surface area contributed by atoms with Gasteiger partial charge in [0, 0.05) is 11.1 Å². The Morgan fingerprint density at radius 2 is 1.11 bits per heavy atom. The molecule has 0 amide bonds. The quantitative estimate of drug-likeness (QED) is 0.381. The molecule has 4 heteroatoms. The lowest BCUT2D eigenvalue weighted by Crippen LogP contribution is -2.11. The molecule has 28 heavy (non-hydrogen) atoms. The van der Waals surface area contributed by atoms with Crippen molar-refractivity contribution in [3.63, 3.8) is 0 Å². The molecule has 2 atom stereocenters.